The molecule has 0 radical (unpaired) electrons. The first kappa shape index (κ1) is 10.7. The van der Waals surface area contributed by atoms with Crippen molar-refractivity contribution in [3.63, 3.8) is 0 Å². The predicted molar refractivity (Wildman–Crippen MR) is 63.9 cm³/mol. The van der Waals surface area contributed by atoms with Crippen LogP contribution >= 0.6 is 0 Å². The van der Waals surface area contributed by atoms with Gasteiger partial charge in [-0.05, 0) is 29.1 Å². The number of carbonyl (C=O) groups is 1. The number of amides is 1. The fourth-order valence-electron chi connectivity index (χ4n) is 1.89. The monoisotopic (exact) mass is 217 g/mol. The minimum Gasteiger partial charge on any atom is -0.369 e. The molecule has 0 atom stereocenters. The lowest BCUT2D eigenvalue weighted by atomic mass is 10.1. The molecule has 84 valence electrons. The molecule has 1 heterocycles. The lowest BCUT2D eigenvalue weighted by Crippen LogP contribution is -2.13. The fourth-order valence-corrected chi connectivity index (χ4v) is 1.89. The van der Waals surface area contributed by atoms with E-state index in [0.717, 1.165) is 23.0 Å². The number of nitrogens with two attached hydrogens (primary N) is 2. The zero-order valence-electron chi connectivity index (χ0n) is 9.02. The Morgan fingerprint density at radius 2 is 2.12 bits per heavy atom. The standard InChI is InChI=1S/C12H15N3O/c13-4-6-15-5-3-10-7-9(8-12(14)16)1-2-11(10)15/h1-3,5,7H,4,6,8,13H2,(H2,14,16). The fraction of sp³-hybridized carbons (Fsp3) is 0.250. The van der Waals surface area contributed by atoms with E-state index in [9.17, 15) is 4.79 Å². The molecular formula is C12H15N3O. The van der Waals surface area contributed by atoms with E-state index in [0.29, 0.717) is 6.54 Å². The van der Waals surface area contributed by atoms with Gasteiger partial charge in [0.1, 0.15) is 0 Å². The minimum absolute atomic E-state index is 0.290. The van der Waals surface area contributed by atoms with Gasteiger partial charge in [0.25, 0.3) is 0 Å². The van der Waals surface area contributed by atoms with Gasteiger partial charge in [-0.25, -0.2) is 0 Å². The van der Waals surface area contributed by atoms with E-state index in [1.165, 1.54) is 0 Å². The number of rotatable bonds is 4. The zero-order valence-corrected chi connectivity index (χ0v) is 9.02. The van der Waals surface area contributed by atoms with Crippen molar-refractivity contribution in [2.45, 2.75) is 13.0 Å². The van der Waals surface area contributed by atoms with Gasteiger partial charge in [0.15, 0.2) is 0 Å². The summed E-state index contributed by atoms with van der Waals surface area (Å²) in [4.78, 5) is 10.8. The van der Waals surface area contributed by atoms with Crippen LogP contribution in [-0.2, 0) is 17.8 Å². The van der Waals surface area contributed by atoms with Gasteiger partial charge in [-0.2, -0.15) is 0 Å². The molecule has 0 spiro atoms. The molecule has 2 aromatic rings. The third-order valence-corrected chi connectivity index (χ3v) is 2.58. The molecule has 4 heteroatoms. The summed E-state index contributed by atoms with van der Waals surface area (Å²) in [6.45, 7) is 1.42. The lowest BCUT2D eigenvalue weighted by Gasteiger charge is -2.03. The van der Waals surface area contributed by atoms with E-state index in [2.05, 4.69) is 4.57 Å². The minimum atomic E-state index is -0.305. The molecule has 0 aliphatic rings. The smallest absolute Gasteiger partial charge is 0.221 e. The molecular weight excluding hydrogens is 202 g/mol. The third-order valence-electron chi connectivity index (χ3n) is 2.58. The van der Waals surface area contributed by atoms with Crippen molar-refractivity contribution in [3.05, 3.63) is 36.0 Å². The first-order valence-corrected chi connectivity index (χ1v) is 5.27. The Labute approximate surface area is 93.8 Å². The summed E-state index contributed by atoms with van der Waals surface area (Å²) in [6, 6.07) is 7.95. The first-order valence-electron chi connectivity index (χ1n) is 5.27. The molecule has 0 aliphatic carbocycles. The number of nitrogens with zero attached hydrogens (tertiary/aromatic N) is 1. The van der Waals surface area contributed by atoms with Crippen molar-refractivity contribution in [1.82, 2.24) is 4.57 Å². The second kappa shape index (κ2) is 4.37. The van der Waals surface area contributed by atoms with Gasteiger partial charge in [0.05, 0.1) is 6.42 Å². The van der Waals surface area contributed by atoms with Crippen molar-refractivity contribution in [1.29, 1.82) is 0 Å². The number of carbonyl (C=O) groups excluding carboxylic acids is 1. The van der Waals surface area contributed by atoms with Gasteiger partial charge in [-0.15, -0.1) is 0 Å². The number of hydrogen-bond donors (Lipinski definition) is 2. The maximum absolute atomic E-state index is 10.8. The first-order chi connectivity index (χ1) is 7.70. The SMILES string of the molecule is NCCn1ccc2cc(CC(N)=O)ccc21. The van der Waals surface area contributed by atoms with E-state index in [4.69, 9.17) is 11.5 Å². The Balaban J connectivity index is 2.37. The molecule has 4 N–H and O–H groups in total. The van der Waals surface area contributed by atoms with Crippen LogP contribution in [0.2, 0.25) is 0 Å². The molecule has 1 aromatic carbocycles. The van der Waals surface area contributed by atoms with Crippen molar-refractivity contribution >= 4 is 16.8 Å². The van der Waals surface area contributed by atoms with Gasteiger partial charge in [-0.3, -0.25) is 4.79 Å². The normalized spacial score (nSPS) is 10.8. The van der Waals surface area contributed by atoms with E-state index in [1.807, 2.05) is 30.5 Å². The van der Waals surface area contributed by atoms with Crippen LogP contribution in [-0.4, -0.2) is 17.0 Å². The second-order valence-corrected chi connectivity index (χ2v) is 3.83. The lowest BCUT2D eigenvalue weighted by molar-refractivity contribution is -0.117. The number of hydrogen-bond acceptors (Lipinski definition) is 2. The molecule has 0 aliphatic heterocycles. The molecule has 0 saturated carbocycles. The maximum Gasteiger partial charge on any atom is 0.221 e. The predicted octanol–water partition coefficient (Wildman–Crippen LogP) is 0.628. The molecule has 4 nitrogen and oxygen atoms in total. The van der Waals surface area contributed by atoms with Crippen molar-refractivity contribution in [2.75, 3.05) is 6.54 Å². The van der Waals surface area contributed by atoms with Crippen LogP contribution in [0.3, 0.4) is 0 Å². The Morgan fingerprint density at radius 1 is 1.31 bits per heavy atom. The third kappa shape index (κ3) is 2.06. The highest BCUT2D eigenvalue weighted by atomic mass is 16.1. The van der Waals surface area contributed by atoms with Crippen LogP contribution in [0.4, 0.5) is 0 Å². The molecule has 1 aromatic heterocycles. The average Bonchev–Trinajstić information content (AvgIpc) is 2.61. The Kier molecular flexibility index (Phi) is 2.92. The summed E-state index contributed by atoms with van der Waals surface area (Å²) in [5.41, 5.74) is 12.8. The van der Waals surface area contributed by atoms with Crippen molar-refractivity contribution in [2.24, 2.45) is 11.5 Å². The van der Waals surface area contributed by atoms with Gasteiger partial charge in [0, 0.05) is 24.8 Å². The summed E-state index contributed by atoms with van der Waals surface area (Å²) < 4.78 is 2.10. The summed E-state index contributed by atoms with van der Waals surface area (Å²) >= 11 is 0. The van der Waals surface area contributed by atoms with Crippen LogP contribution in [0, 0.1) is 0 Å². The number of aromatic nitrogens is 1. The summed E-state index contributed by atoms with van der Waals surface area (Å²) in [6.07, 6.45) is 2.30. The van der Waals surface area contributed by atoms with E-state index < -0.39 is 0 Å². The molecule has 0 bridgehead atoms. The van der Waals surface area contributed by atoms with Crippen LogP contribution in [0.5, 0.6) is 0 Å². The maximum atomic E-state index is 10.8. The number of primary amides is 1. The van der Waals surface area contributed by atoms with Crippen molar-refractivity contribution in [3.8, 4) is 0 Å². The summed E-state index contributed by atoms with van der Waals surface area (Å²) in [5.74, 6) is -0.305. The Morgan fingerprint density at radius 3 is 2.81 bits per heavy atom. The van der Waals surface area contributed by atoms with Gasteiger partial charge in [0.2, 0.25) is 5.91 Å². The highest BCUT2D eigenvalue weighted by molar-refractivity contribution is 5.83. The molecule has 1 amide bonds. The van der Waals surface area contributed by atoms with Gasteiger partial charge in [-0.1, -0.05) is 6.07 Å². The topological polar surface area (TPSA) is 74.0 Å². The van der Waals surface area contributed by atoms with E-state index >= 15 is 0 Å². The molecule has 0 unspecified atom stereocenters. The Hall–Kier alpha value is -1.81. The highest BCUT2D eigenvalue weighted by Crippen LogP contribution is 2.17. The second-order valence-electron chi connectivity index (χ2n) is 3.83. The zero-order chi connectivity index (χ0) is 11.5. The molecule has 0 saturated heterocycles. The van der Waals surface area contributed by atoms with Crippen molar-refractivity contribution < 1.29 is 4.79 Å². The molecule has 16 heavy (non-hydrogen) atoms. The Bertz CT molecular complexity index is 516. The quantitative estimate of drug-likeness (QED) is 0.788. The molecule has 2 rings (SSSR count). The number of fused-ring (bicyclic) bond motifs is 1. The van der Waals surface area contributed by atoms with E-state index in [1.54, 1.807) is 0 Å². The average molecular weight is 217 g/mol. The van der Waals surface area contributed by atoms with Crippen LogP contribution in [0.1, 0.15) is 5.56 Å². The van der Waals surface area contributed by atoms with Crippen LogP contribution < -0.4 is 11.5 Å². The molecule has 0 fully saturated rings. The summed E-state index contributed by atoms with van der Waals surface area (Å²) in [5, 5.41) is 1.12. The highest BCUT2D eigenvalue weighted by Gasteiger charge is 2.03. The van der Waals surface area contributed by atoms with E-state index in [-0.39, 0.29) is 12.3 Å². The van der Waals surface area contributed by atoms with Crippen LogP contribution in [0.15, 0.2) is 30.5 Å². The number of benzene rings is 1. The summed E-state index contributed by atoms with van der Waals surface area (Å²) in [7, 11) is 0. The van der Waals surface area contributed by atoms with Crippen LogP contribution in [0.25, 0.3) is 10.9 Å². The van der Waals surface area contributed by atoms with Gasteiger partial charge >= 0.3 is 0 Å². The van der Waals surface area contributed by atoms with Gasteiger partial charge < -0.3 is 16.0 Å². The largest absolute Gasteiger partial charge is 0.369 e.